The zero-order valence-electron chi connectivity index (χ0n) is 15.0. The van der Waals surface area contributed by atoms with Crippen molar-refractivity contribution in [2.75, 3.05) is 23.9 Å². The van der Waals surface area contributed by atoms with Crippen LogP contribution in [-0.2, 0) is 9.59 Å². The Kier molecular flexibility index (Phi) is 6.95. The number of nitrogens with two attached hydrogens (primary N) is 1. The molecule has 2 amide bonds. The molecule has 0 spiro atoms. The van der Waals surface area contributed by atoms with Crippen LogP contribution in [-0.4, -0.2) is 30.8 Å². The monoisotopic (exact) mass is 532 g/mol. The molecule has 0 radical (unpaired) electrons. The van der Waals surface area contributed by atoms with Crippen LogP contribution in [0.2, 0.25) is 5.02 Å². The minimum Gasteiger partial charge on any atom is -0.490 e. The summed E-state index contributed by atoms with van der Waals surface area (Å²) in [7, 11) is 0. The first-order valence-corrected chi connectivity index (χ1v) is 11.0. The quantitative estimate of drug-likeness (QED) is 0.546. The lowest BCUT2D eigenvalue weighted by Crippen LogP contribution is -2.27. The molecule has 1 aliphatic heterocycles. The first kappa shape index (κ1) is 21.1. The fourth-order valence-electron chi connectivity index (χ4n) is 2.83. The molecule has 1 atom stereocenters. The van der Waals surface area contributed by atoms with Gasteiger partial charge in [0.15, 0.2) is 18.1 Å². The third-order valence-corrected chi connectivity index (χ3v) is 6.21. The molecule has 0 aromatic heterocycles. The van der Waals surface area contributed by atoms with Crippen molar-refractivity contribution in [3.05, 3.63) is 50.6 Å². The van der Waals surface area contributed by atoms with Crippen LogP contribution in [0.25, 0.3) is 0 Å². The second-order valence-corrected chi connectivity index (χ2v) is 8.59. The largest absolute Gasteiger partial charge is 0.490 e. The third kappa shape index (κ3) is 4.66. The molecular formula is C19H18ClIN2O4S. The maximum atomic E-state index is 12.5. The summed E-state index contributed by atoms with van der Waals surface area (Å²) in [6, 6.07) is 11.0. The Hall–Kier alpha value is -1.65. The highest BCUT2D eigenvalue weighted by atomic mass is 127. The molecule has 1 heterocycles. The van der Waals surface area contributed by atoms with Crippen molar-refractivity contribution < 1.29 is 19.1 Å². The summed E-state index contributed by atoms with van der Waals surface area (Å²) in [5.41, 5.74) is 6.88. The first-order valence-electron chi connectivity index (χ1n) is 8.47. The second-order valence-electron chi connectivity index (χ2n) is 5.92. The molecule has 0 saturated carbocycles. The Balaban J connectivity index is 1.98. The van der Waals surface area contributed by atoms with Crippen LogP contribution < -0.4 is 20.1 Å². The number of amides is 2. The van der Waals surface area contributed by atoms with Gasteiger partial charge in [-0.2, -0.15) is 0 Å². The maximum absolute atomic E-state index is 12.5. The first-order chi connectivity index (χ1) is 13.4. The lowest BCUT2D eigenvalue weighted by Gasteiger charge is -2.25. The lowest BCUT2D eigenvalue weighted by molar-refractivity contribution is -0.120. The van der Waals surface area contributed by atoms with Gasteiger partial charge in [-0.1, -0.05) is 11.6 Å². The molecule has 28 heavy (non-hydrogen) atoms. The van der Waals surface area contributed by atoms with E-state index in [1.165, 1.54) is 11.8 Å². The number of anilines is 1. The van der Waals surface area contributed by atoms with E-state index in [0.29, 0.717) is 28.9 Å². The molecule has 2 aromatic carbocycles. The molecule has 0 aliphatic carbocycles. The highest BCUT2D eigenvalue weighted by Crippen LogP contribution is 2.45. The van der Waals surface area contributed by atoms with Crippen LogP contribution >= 0.6 is 46.0 Å². The van der Waals surface area contributed by atoms with E-state index in [2.05, 4.69) is 22.6 Å². The molecule has 3 rings (SSSR count). The molecule has 0 bridgehead atoms. The van der Waals surface area contributed by atoms with Crippen LogP contribution in [0.4, 0.5) is 5.69 Å². The minimum absolute atomic E-state index is 0.0272. The van der Waals surface area contributed by atoms with E-state index >= 15 is 0 Å². The average molecular weight is 533 g/mol. The molecule has 1 fully saturated rings. The van der Waals surface area contributed by atoms with E-state index in [-0.39, 0.29) is 17.9 Å². The van der Waals surface area contributed by atoms with Crippen LogP contribution in [0, 0.1) is 3.57 Å². The van der Waals surface area contributed by atoms with Gasteiger partial charge >= 0.3 is 0 Å². The van der Waals surface area contributed by atoms with Crippen LogP contribution in [0.3, 0.4) is 0 Å². The van der Waals surface area contributed by atoms with Gasteiger partial charge in [0.25, 0.3) is 5.91 Å². The number of carbonyl (C=O) groups excluding carboxylic acids is 2. The van der Waals surface area contributed by atoms with Gasteiger partial charge in [-0.25, -0.2) is 0 Å². The van der Waals surface area contributed by atoms with Gasteiger partial charge in [0, 0.05) is 10.7 Å². The number of carbonyl (C=O) groups is 2. The summed E-state index contributed by atoms with van der Waals surface area (Å²) in [6.07, 6.45) is 0. The third-order valence-electron chi connectivity index (χ3n) is 3.95. The number of ether oxygens (including phenoxy) is 2. The number of primary amides is 1. The summed E-state index contributed by atoms with van der Waals surface area (Å²) < 4.78 is 12.0. The van der Waals surface area contributed by atoms with E-state index in [1.807, 2.05) is 31.2 Å². The highest BCUT2D eigenvalue weighted by Gasteiger charge is 2.35. The van der Waals surface area contributed by atoms with Crippen molar-refractivity contribution in [2.45, 2.75) is 12.3 Å². The highest BCUT2D eigenvalue weighted by molar-refractivity contribution is 14.1. The van der Waals surface area contributed by atoms with E-state index < -0.39 is 5.91 Å². The predicted molar refractivity (Wildman–Crippen MR) is 119 cm³/mol. The fraction of sp³-hybridized carbons (Fsp3) is 0.263. The zero-order chi connectivity index (χ0) is 20.3. The van der Waals surface area contributed by atoms with Gasteiger partial charge in [0.1, 0.15) is 5.37 Å². The van der Waals surface area contributed by atoms with Crippen molar-refractivity contribution in [1.82, 2.24) is 0 Å². The number of halogens is 2. The summed E-state index contributed by atoms with van der Waals surface area (Å²) in [5.74, 6) is 0.833. The maximum Gasteiger partial charge on any atom is 0.255 e. The molecule has 1 saturated heterocycles. The summed E-state index contributed by atoms with van der Waals surface area (Å²) in [6.45, 7) is 2.07. The Labute approximate surface area is 185 Å². The Morgan fingerprint density at radius 1 is 1.32 bits per heavy atom. The molecule has 0 unspecified atom stereocenters. The lowest BCUT2D eigenvalue weighted by atomic mass is 10.1. The van der Waals surface area contributed by atoms with Crippen molar-refractivity contribution in [3.63, 3.8) is 0 Å². The number of rotatable bonds is 7. The number of thioether (sulfide) groups is 1. The van der Waals surface area contributed by atoms with Crippen molar-refractivity contribution >= 4 is 63.5 Å². The average Bonchev–Trinajstić information content (AvgIpc) is 3.03. The Bertz CT molecular complexity index is 894. The van der Waals surface area contributed by atoms with Crippen molar-refractivity contribution in [1.29, 1.82) is 0 Å². The van der Waals surface area contributed by atoms with Gasteiger partial charge in [0.2, 0.25) is 5.91 Å². The smallest absolute Gasteiger partial charge is 0.255 e. The molecule has 9 heteroatoms. The molecule has 1 aliphatic rings. The van der Waals surface area contributed by atoms with Crippen LogP contribution in [0.5, 0.6) is 11.5 Å². The van der Waals surface area contributed by atoms with Gasteiger partial charge < -0.3 is 15.2 Å². The normalized spacial score (nSPS) is 16.3. The fourth-order valence-corrected chi connectivity index (χ4v) is 4.89. The molecule has 148 valence electrons. The van der Waals surface area contributed by atoms with Crippen LogP contribution in [0.1, 0.15) is 17.9 Å². The van der Waals surface area contributed by atoms with Gasteiger partial charge in [-0.3, -0.25) is 14.5 Å². The van der Waals surface area contributed by atoms with E-state index in [9.17, 15) is 9.59 Å². The van der Waals surface area contributed by atoms with E-state index in [0.717, 1.165) is 14.8 Å². The van der Waals surface area contributed by atoms with Crippen molar-refractivity contribution in [2.24, 2.45) is 5.73 Å². The Morgan fingerprint density at radius 2 is 2.04 bits per heavy atom. The molecule has 2 aromatic rings. The molecule has 2 N–H and O–H groups in total. The number of hydrogen-bond donors (Lipinski definition) is 1. The SMILES string of the molecule is CCOc1cc([C@H]2SCC(=O)N2c2ccc(Cl)cc2)cc(I)c1OCC(N)=O. The zero-order valence-corrected chi connectivity index (χ0v) is 18.7. The number of benzene rings is 2. The van der Waals surface area contributed by atoms with Crippen molar-refractivity contribution in [3.8, 4) is 11.5 Å². The summed E-state index contributed by atoms with van der Waals surface area (Å²) in [5, 5.41) is 0.412. The standard InChI is InChI=1S/C19H18ClIN2O4S/c1-2-26-15-8-11(7-14(21)18(15)27-9-16(22)24)19-23(17(25)10-28-19)13-5-3-12(20)4-6-13/h3-8,19H,2,9-10H2,1H3,(H2,22,24)/t19-/m1/s1. The van der Waals surface area contributed by atoms with E-state index in [4.69, 9.17) is 26.8 Å². The number of hydrogen-bond acceptors (Lipinski definition) is 5. The van der Waals surface area contributed by atoms with Gasteiger partial charge in [0.05, 0.1) is 15.9 Å². The second kappa shape index (κ2) is 9.23. The van der Waals surface area contributed by atoms with E-state index in [1.54, 1.807) is 17.0 Å². The summed E-state index contributed by atoms with van der Waals surface area (Å²) >= 11 is 9.65. The van der Waals surface area contributed by atoms with Gasteiger partial charge in [-0.05, 0) is 71.5 Å². The number of nitrogens with zero attached hydrogens (tertiary/aromatic N) is 1. The Morgan fingerprint density at radius 3 is 2.68 bits per heavy atom. The van der Waals surface area contributed by atoms with Gasteiger partial charge in [-0.15, -0.1) is 11.8 Å². The summed E-state index contributed by atoms with van der Waals surface area (Å²) in [4.78, 5) is 25.4. The van der Waals surface area contributed by atoms with Crippen LogP contribution in [0.15, 0.2) is 36.4 Å². The minimum atomic E-state index is -0.562. The topological polar surface area (TPSA) is 81.9 Å². The molecule has 6 nitrogen and oxygen atoms in total. The molecular weight excluding hydrogens is 515 g/mol. The predicted octanol–water partition coefficient (Wildman–Crippen LogP) is 3.99.